The van der Waals surface area contributed by atoms with Crippen molar-refractivity contribution in [3.8, 4) is 11.4 Å². The average Bonchev–Trinajstić information content (AvgIpc) is 3.45. The summed E-state index contributed by atoms with van der Waals surface area (Å²) in [5.41, 5.74) is 4.15. The van der Waals surface area contributed by atoms with E-state index in [0.29, 0.717) is 48.9 Å². The first-order chi connectivity index (χ1) is 17.0. The Morgan fingerprint density at radius 3 is 2.77 bits per heavy atom. The van der Waals surface area contributed by atoms with E-state index in [1.807, 2.05) is 53.9 Å². The van der Waals surface area contributed by atoms with Gasteiger partial charge >= 0.3 is 0 Å². The Morgan fingerprint density at radius 1 is 1.17 bits per heavy atom. The number of halogens is 1. The standard InChI is InChI=1S/C26H25FN6O2/c1-3-18(8-7-17(2)27)24-25(32-13-5-4-6-22(32)30-24)20-9-10-23-28-21(16-33(23)31-20)29-26(34)19-11-14-35-15-12-19/h3-10,13,16,19H,2,11-12,14-15H2,1H3,(H,29,34)/b8-7-,18-3+. The first-order valence-corrected chi connectivity index (χ1v) is 11.4. The fourth-order valence-corrected chi connectivity index (χ4v) is 4.19. The lowest BCUT2D eigenvalue weighted by atomic mass is 10.00. The van der Waals surface area contributed by atoms with Gasteiger partial charge in [0.1, 0.15) is 22.9 Å². The molecule has 5 rings (SSSR count). The molecule has 0 unspecified atom stereocenters. The zero-order valence-corrected chi connectivity index (χ0v) is 19.3. The highest BCUT2D eigenvalue weighted by atomic mass is 19.1. The molecule has 1 aliphatic rings. The summed E-state index contributed by atoms with van der Waals surface area (Å²) in [4.78, 5) is 21.9. The molecule has 9 heteroatoms. The number of carbonyl (C=O) groups is 1. The molecule has 1 N–H and O–H groups in total. The molecule has 1 saturated heterocycles. The third-order valence-corrected chi connectivity index (χ3v) is 5.96. The molecule has 4 aromatic rings. The molecule has 35 heavy (non-hydrogen) atoms. The van der Waals surface area contributed by atoms with Gasteiger partial charge in [-0.15, -0.1) is 0 Å². The Hall–Kier alpha value is -4.11. The maximum Gasteiger partial charge on any atom is 0.228 e. The number of aromatic nitrogens is 5. The van der Waals surface area contributed by atoms with E-state index in [0.717, 1.165) is 16.9 Å². The Bertz CT molecular complexity index is 1480. The van der Waals surface area contributed by atoms with Crippen LogP contribution in [0.4, 0.5) is 10.2 Å². The van der Waals surface area contributed by atoms with E-state index in [9.17, 15) is 9.18 Å². The Labute approximate surface area is 201 Å². The molecule has 0 aliphatic carbocycles. The minimum absolute atomic E-state index is 0.0556. The number of pyridine rings is 1. The summed E-state index contributed by atoms with van der Waals surface area (Å²) in [6.45, 7) is 6.36. The summed E-state index contributed by atoms with van der Waals surface area (Å²) in [6.07, 6.45) is 9.83. The SMILES string of the molecule is C=C(F)/C=C\C(=C/C)c1nc2ccccn2c1-c1ccc2nc(NC(=O)C3CCOCC3)cn2n1. The minimum Gasteiger partial charge on any atom is -0.381 e. The lowest BCUT2D eigenvalue weighted by molar-refractivity contribution is -0.122. The van der Waals surface area contributed by atoms with Crippen LogP contribution in [-0.2, 0) is 9.53 Å². The molecule has 1 fully saturated rings. The fourth-order valence-electron chi connectivity index (χ4n) is 4.19. The first kappa shape index (κ1) is 22.7. The molecule has 0 atom stereocenters. The van der Waals surface area contributed by atoms with Crippen molar-refractivity contribution in [2.24, 2.45) is 5.92 Å². The van der Waals surface area contributed by atoms with Gasteiger partial charge in [-0.05, 0) is 55.7 Å². The number of imidazole rings is 2. The van der Waals surface area contributed by atoms with E-state index in [4.69, 9.17) is 14.8 Å². The number of amides is 1. The van der Waals surface area contributed by atoms with Crippen LogP contribution in [0, 0.1) is 5.92 Å². The number of fused-ring (bicyclic) bond motifs is 2. The highest BCUT2D eigenvalue weighted by Gasteiger charge is 2.23. The second kappa shape index (κ2) is 9.63. The monoisotopic (exact) mass is 472 g/mol. The number of hydrogen-bond acceptors (Lipinski definition) is 5. The van der Waals surface area contributed by atoms with Gasteiger partial charge in [-0.1, -0.05) is 24.8 Å². The zero-order valence-electron chi connectivity index (χ0n) is 19.3. The molecule has 0 bridgehead atoms. The van der Waals surface area contributed by atoms with Crippen molar-refractivity contribution in [1.29, 1.82) is 0 Å². The summed E-state index contributed by atoms with van der Waals surface area (Å²) in [5, 5.41) is 7.66. The van der Waals surface area contributed by atoms with Crippen molar-refractivity contribution in [3.05, 3.63) is 79.1 Å². The van der Waals surface area contributed by atoms with Gasteiger partial charge < -0.3 is 10.1 Å². The maximum atomic E-state index is 13.3. The van der Waals surface area contributed by atoms with E-state index in [2.05, 4.69) is 16.9 Å². The number of carbonyl (C=O) groups excluding carboxylic acids is 1. The number of nitrogens with one attached hydrogen (secondary N) is 1. The molecule has 0 aromatic carbocycles. The molecule has 8 nitrogen and oxygen atoms in total. The highest BCUT2D eigenvalue weighted by Crippen LogP contribution is 2.30. The molecule has 0 saturated carbocycles. The van der Waals surface area contributed by atoms with Crippen LogP contribution in [0.5, 0.6) is 0 Å². The van der Waals surface area contributed by atoms with Crippen LogP contribution < -0.4 is 5.32 Å². The number of allylic oxidation sites excluding steroid dienone is 5. The van der Waals surface area contributed by atoms with Crippen LogP contribution in [0.15, 0.2) is 73.4 Å². The van der Waals surface area contributed by atoms with E-state index >= 15 is 0 Å². The lowest BCUT2D eigenvalue weighted by Crippen LogP contribution is -2.28. The average molecular weight is 473 g/mol. The second-order valence-electron chi connectivity index (χ2n) is 8.29. The largest absolute Gasteiger partial charge is 0.381 e. The fraction of sp³-hybridized carbons (Fsp3) is 0.231. The van der Waals surface area contributed by atoms with Gasteiger partial charge in [-0.2, -0.15) is 5.10 Å². The number of nitrogens with zero attached hydrogens (tertiary/aromatic N) is 5. The van der Waals surface area contributed by atoms with Gasteiger partial charge in [-0.3, -0.25) is 9.20 Å². The summed E-state index contributed by atoms with van der Waals surface area (Å²) in [5.74, 6) is -0.225. The van der Waals surface area contributed by atoms with Gasteiger partial charge in [0.25, 0.3) is 0 Å². The molecule has 0 spiro atoms. The van der Waals surface area contributed by atoms with Crippen molar-refractivity contribution in [1.82, 2.24) is 24.0 Å². The normalized spacial score (nSPS) is 15.3. The third kappa shape index (κ3) is 4.63. The number of anilines is 1. The van der Waals surface area contributed by atoms with Crippen LogP contribution >= 0.6 is 0 Å². The van der Waals surface area contributed by atoms with Crippen LogP contribution in [0.3, 0.4) is 0 Å². The van der Waals surface area contributed by atoms with Gasteiger partial charge in [0.05, 0.1) is 11.9 Å². The molecule has 178 valence electrons. The lowest BCUT2D eigenvalue weighted by Gasteiger charge is -2.20. The van der Waals surface area contributed by atoms with E-state index < -0.39 is 5.83 Å². The topological polar surface area (TPSA) is 85.8 Å². The molecule has 0 radical (unpaired) electrons. The Morgan fingerprint density at radius 2 is 2.00 bits per heavy atom. The van der Waals surface area contributed by atoms with Crippen LogP contribution in [-0.4, -0.2) is 43.1 Å². The third-order valence-electron chi connectivity index (χ3n) is 5.96. The molecule has 1 amide bonds. The van der Waals surface area contributed by atoms with Gasteiger partial charge in [-0.25, -0.2) is 18.9 Å². The minimum atomic E-state index is -0.539. The van der Waals surface area contributed by atoms with Gasteiger partial charge in [0, 0.05) is 25.3 Å². The van der Waals surface area contributed by atoms with Crippen LogP contribution in [0.2, 0.25) is 0 Å². The number of ether oxygens (including phenoxy) is 1. The quantitative estimate of drug-likeness (QED) is 0.406. The highest BCUT2D eigenvalue weighted by molar-refractivity contribution is 5.92. The molecular weight excluding hydrogens is 447 g/mol. The molecule has 1 aliphatic heterocycles. The summed E-state index contributed by atoms with van der Waals surface area (Å²) >= 11 is 0. The van der Waals surface area contributed by atoms with E-state index in [-0.39, 0.29) is 11.8 Å². The summed E-state index contributed by atoms with van der Waals surface area (Å²) in [6, 6.07) is 9.42. The zero-order chi connectivity index (χ0) is 24.4. The maximum absolute atomic E-state index is 13.3. The summed E-state index contributed by atoms with van der Waals surface area (Å²) < 4.78 is 22.3. The smallest absolute Gasteiger partial charge is 0.228 e. The van der Waals surface area contributed by atoms with Crippen molar-refractivity contribution in [3.63, 3.8) is 0 Å². The van der Waals surface area contributed by atoms with Crippen molar-refractivity contribution < 1.29 is 13.9 Å². The number of hydrogen-bond donors (Lipinski definition) is 1. The molecule has 4 aromatic heterocycles. The predicted octanol–water partition coefficient (Wildman–Crippen LogP) is 4.85. The van der Waals surface area contributed by atoms with Crippen LogP contribution in [0.1, 0.15) is 25.5 Å². The van der Waals surface area contributed by atoms with E-state index in [1.165, 1.54) is 6.08 Å². The van der Waals surface area contributed by atoms with Gasteiger partial charge in [0.15, 0.2) is 11.5 Å². The Kier molecular flexibility index (Phi) is 6.24. The summed E-state index contributed by atoms with van der Waals surface area (Å²) in [7, 11) is 0. The first-order valence-electron chi connectivity index (χ1n) is 11.4. The Balaban J connectivity index is 1.53. The van der Waals surface area contributed by atoms with Crippen molar-refractivity contribution >= 4 is 28.6 Å². The van der Waals surface area contributed by atoms with Gasteiger partial charge in [0.2, 0.25) is 5.91 Å². The molecule has 5 heterocycles. The molecular formula is C26H25FN6O2. The van der Waals surface area contributed by atoms with Crippen molar-refractivity contribution in [2.45, 2.75) is 19.8 Å². The predicted molar refractivity (Wildman–Crippen MR) is 132 cm³/mol. The van der Waals surface area contributed by atoms with Crippen LogP contribution in [0.25, 0.3) is 28.3 Å². The van der Waals surface area contributed by atoms with E-state index in [1.54, 1.807) is 16.8 Å². The number of rotatable bonds is 6. The second-order valence-corrected chi connectivity index (χ2v) is 8.29. The van der Waals surface area contributed by atoms with Crippen molar-refractivity contribution in [2.75, 3.05) is 18.5 Å².